The van der Waals surface area contributed by atoms with E-state index in [1.165, 1.54) is 5.56 Å². The Morgan fingerprint density at radius 1 is 1.12 bits per heavy atom. The Morgan fingerprint density at radius 3 is 2.44 bits per heavy atom. The third-order valence-electron chi connectivity index (χ3n) is 5.36. The highest BCUT2D eigenvalue weighted by atomic mass is 16.2. The Morgan fingerprint density at radius 2 is 1.80 bits per heavy atom. The van der Waals surface area contributed by atoms with Gasteiger partial charge in [0.1, 0.15) is 0 Å². The number of nitrogens with zero attached hydrogens (tertiary/aromatic N) is 2. The van der Waals surface area contributed by atoms with Crippen molar-refractivity contribution in [2.45, 2.75) is 31.7 Å². The molecule has 3 amide bonds. The zero-order chi connectivity index (χ0) is 17.6. The van der Waals surface area contributed by atoms with Gasteiger partial charge in [0.15, 0.2) is 0 Å². The van der Waals surface area contributed by atoms with Gasteiger partial charge in [-0.3, -0.25) is 9.69 Å². The number of aryl methyl sites for hydroxylation is 1. The summed E-state index contributed by atoms with van der Waals surface area (Å²) in [6, 6.07) is 10.8. The molecule has 2 fully saturated rings. The van der Waals surface area contributed by atoms with Crippen LogP contribution in [0.1, 0.15) is 24.8 Å². The first-order chi connectivity index (χ1) is 12.1. The van der Waals surface area contributed by atoms with Gasteiger partial charge in [0, 0.05) is 31.6 Å². The van der Waals surface area contributed by atoms with E-state index in [0.29, 0.717) is 12.6 Å². The number of carbonyl (C=O) groups is 2. The van der Waals surface area contributed by atoms with E-state index in [9.17, 15) is 9.59 Å². The average Bonchev–Trinajstić information content (AvgIpc) is 2.59. The standard InChI is InChI=1S/C19H28N4O2/c20-18(24)16-8-11-22(12-9-16)17-13-23(14-17)19(25)21-10-4-7-15-5-2-1-3-6-15/h1-3,5-6,16-17H,4,7-14H2,(H2,20,24)(H,21,25). The molecule has 6 nitrogen and oxygen atoms in total. The molecule has 1 aromatic rings. The molecule has 0 aromatic heterocycles. The van der Waals surface area contributed by atoms with Crippen LogP contribution in [0.25, 0.3) is 0 Å². The second-order valence-corrected chi connectivity index (χ2v) is 7.09. The molecule has 3 rings (SSSR count). The first kappa shape index (κ1) is 17.7. The van der Waals surface area contributed by atoms with E-state index >= 15 is 0 Å². The van der Waals surface area contributed by atoms with Crippen LogP contribution in [0.4, 0.5) is 4.79 Å². The van der Waals surface area contributed by atoms with Crippen molar-refractivity contribution in [2.75, 3.05) is 32.7 Å². The lowest BCUT2D eigenvalue weighted by atomic mass is 9.94. The van der Waals surface area contributed by atoms with E-state index < -0.39 is 0 Å². The largest absolute Gasteiger partial charge is 0.369 e. The molecule has 6 heteroatoms. The normalized spacial score (nSPS) is 19.4. The number of piperidine rings is 1. The minimum atomic E-state index is -0.176. The van der Waals surface area contributed by atoms with E-state index in [1.54, 1.807) is 0 Å². The molecule has 0 bridgehead atoms. The van der Waals surface area contributed by atoms with Crippen LogP contribution in [-0.4, -0.2) is 60.5 Å². The first-order valence-electron chi connectivity index (χ1n) is 9.23. The van der Waals surface area contributed by atoms with Crippen molar-refractivity contribution in [3.63, 3.8) is 0 Å². The molecule has 0 radical (unpaired) electrons. The molecule has 0 spiro atoms. The summed E-state index contributed by atoms with van der Waals surface area (Å²) in [5, 5.41) is 3.01. The summed E-state index contributed by atoms with van der Waals surface area (Å²) in [6.07, 6.45) is 3.63. The van der Waals surface area contributed by atoms with Crippen molar-refractivity contribution in [3.05, 3.63) is 35.9 Å². The number of benzene rings is 1. The SMILES string of the molecule is NC(=O)C1CCN(C2CN(C(=O)NCCCc3ccccc3)C2)CC1. The molecule has 0 saturated carbocycles. The first-order valence-corrected chi connectivity index (χ1v) is 9.23. The lowest BCUT2D eigenvalue weighted by Crippen LogP contribution is -2.64. The highest BCUT2D eigenvalue weighted by Gasteiger charge is 2.36. The van der Waals surface area contributed by atoms with Crippen LogP contribution in [0.2, 0.25) is 0 Å². The molecular formula is C19H28N4O2. The number of hydrogen-bond acceptors (Lipinski definition) is 3. The molecule has 3 N–H and O–H groups in total. The summed E-state index contributed by atoms with van der Waals surface area (Å²) in [7, 11) is 0. The lowest BCUT2D eigenvalue weighted by Gasteiger charge is -2.47. The number of primary amides is 1. The zero-order valence-corrected chi connectivity index (χ0v) is 14.7. The number of likely N-dealkylation sites (tertiary alicyclic amines) is 2. The summed E-state index contributed by atoms with van der Waals surface area (Å²) < 4.78 is 0. The predicted molar refractivity (Wildman–Crippen MR) is 97.0 cm³/mol. The highest BCUT2D eigenvalue weighted by Crippen LogP contribution is 2.23. The summed E-state index contributed by atoms with van der Waals surface area (Å²) in [5.41, 5.74) is 6.68. The van der Waals surface area contributed by atoms with Crippen LogP contribution in [0.5, 0.6) is 0 Å². The number of amides is 3. The number of nitrogens with two attached hydrogens (primary N) is 1. The van der Waals surface area contributed by atoms with E-state index in [-0.39, 0.29) is 17.9 Å². The van der Waals surface area contributed by atoms with Crippen LogP contribution in [0.15, 0.2) is 30.3 Å². The van der Waals surface area contributed by atoms with Crippen LogP contribution in [0, 0.1) is 5.92 Å². The van der Waals surface area contributed by atoms with Crippen LogP contribution in [0.3, 0.4) is 0 Å². The van der Waals surface area contributed by atoms with Gasteiger partial charge in [-0.25, -0.2) is 4.79 Å². The predicted octanol–water partition coefficient (Wildman–Crippen LogP) is 1.21. The number of carbonyl (C=O) groups excluding carboxylic acids is 2. The Balaban J connectivity index is 1.29. The molecule has 2 saturated heterocycles. The molecule has 2 heterocycles. The monoisotopic (exact) mass is 344 g/mol. The van der Waals surface area contributed by atoms with Crippen molar-refractivity contribution < 1.29 is 9.59 Å². The molecular weight excluding hydrogens is 316 g/mol. The Kier molecular flexibility index (Phi) is 5.91. The lowest BCUT2D eigenvalue weighted by molar-refractivity contribution is -0.123. The number of rotatable bonds is 6. The van der Waals surface area contributed by atoms with Crippen LogP contribution < -0.4 is 11.1 Å². The number of urea groups is 1. The zero-order valence-electron chi connectivity index (χ0n) is 14.7. The minimum Gasteiger partial charge on any atom is -0.369 e. The summed E-state index contributed by atoms with van der Waals surface area (Å²) in [6.45, 7) is 4.09. The van der Waals surface area contributed by atoms with Gasteiger partial charge in [-0.2, -0.15) is 0 Å². The number of hydrogen-bond donors (Lipinski definition) is 2. The van der Waals surface area contributed by atoms with Crippen LogP contribution >= 0.6 is 0 Å². The van der Waals surface area contributed by atoms with Gasteiger partial charge in [0.05, 0.1) is 0 Å². The van der Waals surface area contributed by atoms with Crippen LogP contribution in [-0.2, 0) is 11.2 Å². The second kappa shape index (κ2) is 8.34. The third-order valence-corrected chi connectivity index (χ3v) is 5.36. The van der Waals surface area contributed by atoms with Gasteiger partial charge in [-0.1, -0.05) is 30.3 Å². The van der Waals surface area contributed by atoms with E-state index in [4.69, 9.17) is 5.73 Å². The van der Waals surface area contributed by atoms with Crippen molar-refractivity contribution in [1.29, 1.82) is 0 Å². The van der Waals surface area contributed by atoms with Gasteiger partial charge in [-0.05, 0) is 44.3 Å². The van der Waals surface area contributed by atoms with Gasteiger partial charge < -0.3 is 16.0 Å². The number of nitrogens with one attached hydrogen (secondary N) is 1. The maximum absolute atomic E-state index is 12.1. The smallest absolute Gasteiger partial charge is 0.317 e. The van der Waals surface area contributed by atoms with Gasteiger partial charge in [0.25, 0.3) is 0 Å². The summed E-state index contributed by atoms with van der Waals surface area (Å²) in [4.78, 5) is 27.6. The van der Waals surface area contributed by atoms with E-state index in [1.807, 2.05) is 23.1 Å². The molecule has 0 unspecified atom stereocenters. The Labute approximate surface area is 149 Å². The average molecular weight is 344 g/mol. The quantitative estimate of drug-likeness (QED) is 0.762. The van der Waals surface area contributed by atoms with Gasteiger partial charge in [-0.15, -0.1) is 0 Å². The molecule has 0 atom stereocenters. The molecule has 136 valence electrons. The van der Waals surface area contributed by atoms with E-state index in [0.717, 1.165) is 51.9 Å². The molecule has 2 aliphatic rings. The summed E-state index contributed by atoms with van der Waals surface area (Å²) >= 11 is 0. The Hall–Kier alpha value is -2.08. The van der Waals surface area contributed by atoms with Crippen molar-refractivity contribution in [2.24, 2.45) is 11.7 Å². The van der Waals surface area contributed by atoms with Crippen molar-refractivity contribution in [3.8, 4) is 0 Å². The maximum Gasteiger partial charge on any atom is 0.317 e. The molecule has 0 aliphatic carbocycles. The topological polar surface area (TPSA) is 78.7 Å². The fraction of sp³-hybridized carbons (Fsp3) is 0.579. The van der Waals surface area contributed by atoms with Crippen molar-refractivity contribution in [1.82, 2.24) is 15.1 Å². The third kappa shape index (κ3) is 4.72. The molecule has 25 heavy (non-hydrogen) atoms. The molecule has 1 aromatic carbocycles. The van der Waals surface area contributed by atoms with Crippen molar-refractivity contribution >= 4 is 11.9 Å². The minimum absolute atomic E-state index is 0.0281. The second-order valence-electron chi connectivity index (χ2n) is 7.09. The van der Waals surface area contributed by atoms with Gasteiger partial charge in [0.2, 0.25) is 5.91 Å². The highest BCUT2D eigenvalue weighted by molar-refractivity contribution is 5.76. The maximum atomic E-state index is 12.1. The Bertz CT molecular complexity index is 578. The molecule has 2 aliphatic heterocycles. The fourth-order valence-electron chi connectivity index (χ4n) is 3.65. The van der Waals surface area contributed by atoms with Gasteiger partial charge >= 0.3 is 6.03 Å². The fourth-order valence-corrected chi connectivity index (χ4v) is 3.65. The van der Waals surface area contributed by atoms with E-state index in [2.05, 4.69) is 22.3 Å². The summed E-state index contributed by atoms with van der Waals surface area (Å²) in [5.74, 6) is -0.148.